The highest BCUT2D eigenvalue weighted by Gasteiger charge is 2.08. The van der Waals surface area contributed by atoms with Gasteiger partial charge in [-0.3, -0.25) is 4.79 Å². The van der Waals surface area contributed by atoms with Crippen LogP contribution in [0.15, 0.2) is 23.3 Å². The third-order valence-corrected chi connectivity index (χ3v) is 2.61. The van der Waals surface area contributed by atoms with E-state index in [1.54, 1.807) is 6.92 Å². The predicted octanol–water partition coefficient (Wildman–Crippen LogP) is 4.18. The van der Waals surface area contributed by atoms with Gasteiger partial charge in [-0.05, 0) is 46.5 Å². The lowest BCUT2D eigenvalue weighted by Gasteiger charge is -2.04. The zero-order valence-corrected chi connectivity index (χ0v) is 10.9. The van der Waals surface area contributed by atoms with E-state index >= 15 is 0 Å². The third kappa shape index (κ3) is 8.27. The molecular formula is C14H24O2. The average Bonchev–Trinajstić information content (AvgIpc) is 2.16. The summed E-state index contributed by atoms with van der Waals surface area (Å²) in [5, 5.41) is 8.72. The summed E-state index contributed by atoms with van der Waals surface area (Å²) >= 11 is 0. The Morgan fingerprint density at radius 1 is 1.19 bits per heavy atom. The largest absolute Gasteiger partial charge is 0.481 e. The number of hydrogen-bond donors (Lipinski definition) is 1. The van der Waals surface area contributed by atoms with Crippen LogP contribution < -0.4 is 0 Å². The molecule has 0 aromatic rings. The third-order valence-electron chi connectivity index (χ3n) is 2.61. The van der Waals surface area contributed by atoms with E-state index in [0.717, 1.165) is 25.7 Å². The van der Waals surface area contributed by atoms with Gasteiger partial charge in [-0.25, -0.2) is 0 Å². The van der Waals surface area contributed by atoms with Crippen LogP contribution in [0.1, 0.15) is 53.4 Å². The Bertz CT molecular complexity index is 270. The van der Waals surface area contributed by atoms with Crippen LogP contribution in [0.25, 0.3) is 0 Å². The number of aliphatic carboxylic acids is 1. The highest BCUT2D eigenvalue weighted by molar-refractivity contribution is 5.69. The Morgan fingerprint density at radius 3 is 2.31 bits per heavy atom. The van der Waals surface area contributed by atoms with E-state index in [9.17, 15) is 4.79 Å². The number of rotatable bonds is 7. The average molecular weight is 224 g/mol. The summed E-state index contributed by atoms with van der Waals surface area (Å²) in [4.78, 5) is 10.6. The molecule has 0 radical (unpaired) electrons. The Labute approximate surface area is 99.1 Å². The Kier molecular flexibility index (Phi) is 7.61. The fraction of sp³-hybridized carbons (Fsp3) is 0.643. The molecule has 0 aromatic heterocycles. The second-order valence-corrected chi connectivity index (χ2v) is 4.69. The van der Waals surface area contributed by atoms with Gasteiger partial charge in [-0.1, -0.05) is 30.2 Å². The van der Waals surface area contributed by atoms with E-state index in [1.807, 2.05) is 0 Å². The molecule has 1 N–H and O–H groups in total. The van der Waals surface area contributed by atoms with Crippen molar-refractivity contribution in [3.8, 4) is 0 Å². The molecule has 0 fully saturated rings. The normalized spacial score (nSPS) is 13.4. The summed E-state index contributed by atoms with van der Waals surface area (Å²) in [5.41, 5.74) is 2.71. The first-order valence-corrected chi connectivity index (χ1v) is 5.95. The van der Waals surface area contributed by atoms with Crippen molar-refractivity contribution in [1.29, 1.82) is 0 Å². The van der Waals surface area contributed by atoms with Crippen molar-refractivity contribution in [2.75, 3.05) is 0 Å². The lowest BCUT2D eigenvalue weighted by Crippen LogP contribution is -2.08. The summed E-state index contributed by atoms with van der Waals surface area (Å²) in [6.07, 6.45) is 8.16. The zero-order chi connectivity index (χ0) is 12.6. The quantitative estimate of drug-likeness (QED) is 0.659. The number of allylic oxidation sites excluding steroid dienone is 4. The highest BCUT2D eigenvalue weighted by atomic mass is 16.4. The van der Waals surface area contributed by atoms with Crippen molar-refractivity contribution in [2.45, 2.75) is 53.4 Å². The van der Waals surface area contributed by atoms with Crippen molar-refractivity contribution in [3.05, 3.63) is 23.3 Å². The van der Waals surface area contributed by atoms with Crippen molar-refractivity contribution < 1.29 is 9.90 Å². The molecule has 1 atom stereocenters. The van der Waals surface area contributed by atoms with E-state index in [4.69, 9.17) is 5.11 Å². The van der Waals surface area contributed by atoms with Gasteiger partial charge in [-0.15, -0.1) is 0 Å². The van der Waals surface area contributed by atoms with Gasteiger partial charge in [0.2, 0.25) is 0 Å². The first kappa shape index (κ1) is 14.9. The number of carbonyl (C=O) groups is 1. The van der Waals surface area contributed by atoms with Gasteiger partial charge in [0, 0.05) is 0 Å². The SMILES string of the molecule is CC(C)=CCC/C(C)=C/CC[C@@H](C)C(=O)O. The predicted molar refractivity (Wildman–Crippen MR) is 68.5 cm³/mol. The maximum Gasteiger partial charge on any atom is 0.306 e. The monoisotopic (exact) mass is 224 g/mol. The minimum atomic E-state index is -0.699. The van der Waals surface area contributed by atoms with E-state index in [1.165, 1.54) is 11.1 Å². The molecule has 16 heavy (non-hydrogen) atoms. The van der Waals surface area contributed by atoms with E-state index in [2.05, 4.69) is 32.9 Å². The minimum absolute atomic E-state index is 0.234. The lowest BCUT2D eigenvalue weighted by molar-refractivity contribution is -0.141. The maximum atomic E-state index is 10.6. The number of carboxylic acid groups (broad SMARTS) is 1. The molecule has 0 heterocycles. The lowest BCUT2D eigenvalue weighted by atomic mass is 10.0. The minimum Gasteiger partial charge on any atom is -0.481 e. The van der Waals surface area contributed by atoms with Crippen LogP contribution in [0, 0.1) is 5.92 Å². The van der Waals surface area contributed by atoms with Gasteiger partial charge >= 0.3 is 5.97 Å². The summed E-state index contributed by atoms with van der Waals surface area (Å²) in [5.74, 6) is -0.933. The molecule has 0 spiro atoms. The standard InChI is InChI=1S/C14H24O2/c1-11(2)7-5-8-12(3)9-6-10-13(4)14(15)16/h7,9,13H,5-6,8,10H2,1-4H3,(H,15,16)/b12-9+/t13-/m1/s1. The van der Waals surface area contributed by atoms with Gasteiger partial charge in [-0.2, -0.15) is 0 Å². The fourth-order valence-electron chi connectivity index (χ4n) is 1.39. The van der Waals surface area contributed by atoms with E-state index < -0.39 is 5.97 Å². The smallest absolute Gasteiger partial charge is 0.306 e. The Morgan fingerprint density at radius 2 is 1.81 bits per heavy atom. The maximum absolute atomic E-state index is 10.6. The molecule has 0 saturated heterocycles. The van der Waals surface area contributed by atoms with Crippen molar-refractivity contribution >= 4 is 5.97 Å². The summed E-state index contributed by atoms with van der Waals surface area (Å²) < 4.78 is 0. The van der Waals surface area contributed by atoms with E-state index in [0.29, 0.717) is 0 Å². The van der Waals surface area contributed by atoms with Crippen LogP contribution in [0.4, 0.5) is 0 Å². The fourth-order valence-corrected chi connectivity index (χ4v) is 1.39. The van der Waals surface area contributed by atoms with Crippen LogP contribution in [0.3, 0.4) is 0 Å². The summed E-state index contributed by atoms with van der Waals surface area (Å²) in [7, 11) is 0. The first-order chi connectivity index (χ1) is 7.43. The number of carboxylic acids is 1. The molecule has 0 bridgehead atoms. The Hall–Kier alpha value is -1.05. The molecule has 0 saturated carbocycles. The highest BCUT2D eigenvalue weighted by Crippen LogP contribution is 2.11. The van der Waals surface area contributed by atoms with Crippen LogP contribution in [-0.4, -0.2) is 11.1 Å². The van der Waals surface area contributed by atoms with Gasteiger partial charge < -0.3 is 5.11 Å². The molecule has 0 aliphatic heterocycles. The van der Waals surface area contributed by atoms with Crippen LogP contribution in [0.2, 0.25) is 0 Å². The topological polar surface area (TPSA) is 37.3 Å². The van der Waals surface area contributed by atoms with Gasteiger partial charge in [0.1, 0.15) is 0 Å². The summed E-state index contributed by atoms with van der Waals surface area (Å²) in [6.45, 7) is 8.08. The van der Waals surface area contributed by atoms with Crippen LogP contribution >= 0.6 is 0 Å². The molecule has 0 rings (SSSR count). The van der Waals surface area contributed by atoms with Crippen molar-refractivity contribution in [2.24, 2.45) is 5.92 Å². The molecule has 0 aliphatic carbocycles. The van der Waals surface area contributed by atoms with Crippen LogP contribution in [-0.2, 0) is 4.79 Å². The zero-order valence-electron chi connectivity index (χ0n) is 10.9. The molecule has 0 unspecified atom stereocenters. The van der Waals surface area contributed by atoms with Crippen LogP contribution in [0.5, 0.6) is 0 Å². The molecule has 0 aromatic carbocycles. The van der Waals surface area contributed by atoms with Gasteiger partial charge in [0.15, 0.2) is 0 Å². The van der Waals surface area contributed by atoms with E-state index in [-0.39, 0.29) is 5.92 Å². The van der Waals surface area contributed by atoms with Gasteiger partial charge in [0.25, 0.3) is 0 Å². The molecule has 2 heteroatoms. The summed E-state index contributed by atoms with van der Waals surface area (Å²) in [6, 6.07) is 0. The molecule has 2 nitrogen and oxygen atoms in total. The first-order valence-electron chi connectivity index (χ1n) is 5.95. The van der Waals surface area contributed by atoms with Gasteiger partial charge in [0.05, 0.1) is 5.92 Å². The molecule has 0 aliphatic rings. The molecule has 0 amide bonds. The molecule has 92 valence electrons. The second kappa shape index (κ2) is 8.14. The molecular weight excluding hydrogens is 200 g/mol. The second-order valence-electron chi connectivity index (χ2n) is 4.69. The Balaban J connectivity index is 3.79. The van der Waals surface area contributed by atoms with Crippen molar-refractivity contribution in [1.82, 2.24) is 0 Å². The number of hydrogen-bond acceptors (Lipinski definition) is 1. The van der Waals surface area contributed by atoms with Crippen molar-refractivity contribution in [3.63, 3.8) is 0 Å².